The summed E-state index contributed by atoms with van der Waals surface area (Å²) in [4.78, 5) is 4.18. The molecule has 2 aromatic carbocycles. The van der Waals surface area contributed by atoms with Crippen LogP contribution in [0, 0.1) is 34.0 Å². The smallest absolute Gasteiger partial charge is 0.142 e. The minimum Gasteiger partial charge on any atom is -0.383 e. The summed E-state index contributed by atoms with van der Waals surface area (Å²) in [6.45, 7) is 0. The van der Waals surface area contributed by atoms with Crippen LogP contribution in [-0.4, -0.2) is 4.98 Å². The van der Waals surface area contributed by atoms with Crippen LogP contribution >= 0.6 is 11.8 Å². The van der Waals surface area contributed by atoms with Gasteiger partial charge in [-0.2, -0.15) is 15.8 Å². The minimum atomic E-state index is 0.127. The molecule has 0 aliphatic heterocycles. The number of nitrogens with two attached hydrogens (primary N) is 1. The fourth-order valence-electron chi connectivity index (χ4n) is 2.55. The fraction of sp³-hybridized carbons (Fsp3) is 0.0476. The molecule has 0 aliphatic rings. The predicted molar refractivity (Wildman–Crippen MR) is 104 cm³/mol. The van der Waals surface area contributed by atoms with Gasteiger partial charge in [0.05, 0.1) is 22.8 Å². The van der Waals surface area contributed by atoms with Crippen LogP contribution < -0.4 is 5.73 Å². The molecule has 3 rings (SSSR count). The third-order valence-electron chi connectivity index (χ3n) is 3.95. The van der Waals surface area contributed by atoms with Crippen LogP contribution in [0.5, 0.6) is 0 Å². The van der Waals surface area contributed by atoms with Crippen molar-refractivity contribution in [2.75, 3.05) is 5.73 Å². The maximum absolute atomic E-state index is 9.26. The number of nitriles is 3. The highest BCUT2D eigenvalue weighted by atomic mass is 32.2. The number of pyridine rings is 1. The summed E-state index contributed by atoms with van der Waals surface area (Å²) >= 11 is 1.39. The van der Waals surface area contributed by atoms with Crippen LogP contribution in [0.3, 0.4) is 0 Å². The summed E-state index contributed by atoms with van der Waals surface area (Å²) in [6.07, 6.45) is 0. The SMILES string of the molecule is N#Cc1ccccc1-c1ccc(CSc2nc(N)c(C#N)cc2C#N)cc1. The third-order valence-corrected chi connectivity index (χ3v) is 5.01. The monoisotopic (exact) mass is 367 g/mol. The van der Waals surface area contributed by atoms with E-state index >= 15 is 0 Å². The first-order valence-corrected chi connectivity index (χ1v) is 8.96. The molecule has 2 N–H and O–H groups in total. The predicted octanol–water partition coefficient (Wildman–Crippen LogP) is 4.24. The molecular weight excluding hydrogens is 354 g/mol. The van der Waals surface area contributed by atoms with E-state index < -0.39 is 0 Å². The summed E-state index contributed by atoms with van der Waals surface area (Å²) in [5, 5.41) is 28.0. The lowest BCUT2D eigenvalue weighted by Crippen LogP contribution is -1.99. The Morgan fingerprint density at radius 2 is 1.52 bits per heavy atom. The highest BCUT2D eigenvalue weighted by Gasteiger charge is 2.11. The van der Waals surface area contributed by atoms with Gasteiger partial charge in [-0.05, 0) is 28.8 Å². The number of aromatic nitrogens is 1. The first kappa shape index (κ1) is 18.0. The second-order valence-electron chi connectivity index (χ2n) is 5.64. The molecule has 0 bridgehead atoms. The second kappa shape index (κ2) is 8.06. The van der Waals surface area contributed by atoms with Crippen molar-refractivity contribution in [2.45, 2.75) is 10.8 Å². The van der Waals surface area contributed by atoms with Crippen molar-refractivity contribution in [3.63, 3.8) is 0 Å². The first-order chi connectivity index (χ1) is 13.2. The molecule has 0 radical (unpaired) electrons. The highest BCUT2D eigenvalue weighted by molar-refractivity contribution is 7.98. The van der Waals surface area contributed by atoms with E-state index in [9.17, 15) is 10.5 Å². The quantitative estimate of drug-likeness (QED) is 0.691. The van der Waals surface area contributed by atoms with Crippen molar-refractivity contribution in [3.8, 4) is 29.3 Å². The first-order valence-electron chi connectivity index (χ1n) is 7.98. The van der Waals surface area contributed by atoms with Gasteiger partial charge in [-0.1, -0.05) is 42.5 Å². The van der Waals surface area contributed by atoms with Gasteiger partial charge >= 0.3 is 0 Å². The molecule has 27 heavy (non-hydrogen) atoms. The number of rotatable bonds is 4. The topological polar surface area (TPSA) is 110 Å². The van der Waals surface area contributed by atoms with E-state index in [-0.39, 0.29) is 11.4 Å². The molecule has 1 aromatic heterocycles. The number of benzene rings is 2. The Hall–Kier alpha value is -3.79. The number of hydrogen-bond acceptors (Lipinski definition) is 6. The Labute approximate surface area is 161 Å². The van der Waals surface area contributed by atoms with Gasteiger partial charge in [0.15, 0.2) is 0 Å². The summed E-state index contributed by atoms with van der Waals surface area (Å²) in [6, 6.07) is 23.0. The lowest BCUT2D eigenvalue weighted by Gasteiger charge is -2.08. The Kier molecular flexibility index (Phi) is 5.38. The van der Waals surface area contributed by atoms with Crippen LogP contribution in [0.4, 0.5) is 5.82 Å². The van der Waals surface area contributed by atoms with Gasteiger partial charge in [-0.25, -0.2) is 4.98 Å². The largest absolute Gasteiger partial charge is 0.383 e. The van der Waals surface area contributed by atoms with Crippen molar-refractivity contribution in [1.29, 1.82) is 15.8 Å². The van der Waals surface area contributed by atoms with Gasteiger partial charge in [0.1, 0.15) is 23.0 Å². The zero-order valence-electron chi connectivity index (χ0n) is 14.2. The zero-order chi connectivity index (χ0) is 19.2. The lowest BCUT2D eigenvalue weighted by atomic mass is 10.00. The van der Waals surface area contributed by atoms with E-state index in [2.05, 4.69) is 17.1 Å². The molecule has 3 aromatic rings. The van der Waals surface area contributed by atoms with Crippen molar-refractivity contribution in [2.24, 2.45) is 0 Å². The Morgan fingerprint density at radius 1 is 0.852 bits per heavy atom. The average Bonchev–Trinajstić information content (AvgIpc) is 2.72. The summed E-state index contributed by atoms with van der Waals surface area (Å²) in [5.74, 6) is 0.732. The molecule has 0 saturated carbocycles. The summed E-state index contributed by atoms with van der Waals surface area (Å²) < 4.78 is 0. The van der Waals surface area contributed by atoms with Crippen LogP contribution in [0.25, 0.3) is 11.1 Å². The van der Waals surface area contributed by atoms with Gasteiger partial charge < -0.3 is 5.73 Å². The number of nitrogen functional groups attached to an aromatic ring is 1. The zero-order valence-corrected chi connectivity index (χ0v) is 15.0. The maximum Gasteiger partial charge on any atom is 0.142 e. The average molecular weight is 367 g/mol. The van der Waals surface area contributed by atoms with Gasteiger partial charge in [0.2, 0.25) is 0 Å². The Balaban J connectivity index is 1.79. The standard InChI is InChI=1S/C21H13N5S/c22-10-16-3-1-2-4-19(16)15-7-5-14(6-8-15)13-27-21-18(12-24)9-17(11-23)20(25)26-21/h1-9H,13H2,(H2,25,26). The fourth-order valence-corrected chi connectivity index (χ4v) is 3.47. The van der Waals surface area contributed by atoms with Crippen LogP contribution in [0.15, 0.2) is 59.6 Å². The number of anilines is 1. The summed E-state index contributed by atoms with van der Waals surface area (Å²) in [7, 11) is 0. The molecule has 0 unspecified atom stereocenters. The number of thioether (sulfide) groups is 1. The molecule has 0 saturated heterocycles. The van der Waals surface area contributed by atoms with Gasteiger partial charge in [-0.3, -0.25) is 0 Å². The molecule has 128 valence electrons. The molecule has 5 nitrogen and oxygen atoms in total. The van der Waals surface area contributed by atoms with E-state index in [1.54, 1.807) is 6.07 Å². The molecule has 0 amide bonds. The molecule has 0 atom stereocenters. The molecule has 6 heteroatoms. The van der Waals surface area contributed by atoms with Gasteiger partial charge in [0, 0.05) is 5.75 Å². The van der Waals surface area contributed by atoms with Crippen LogP contribution in [0.1, 0.15) is 22.3 Å². The van der Waals surface area contributed by atoms with Crippen LogP contribution in [-0.2, 0) is 5.75 Å². The van der Waals surface area contributed by atoms with E-state index in [0.717, 1.165) is 16.7 Å². The normalized spacial score (nSPS) is 9.81. The minimum absolute atomic E-state index is 0.127. The van der Waals surface area contributed by atoms with E-state index in [0.29, 0.717) is 21.9 Å². The Morgan fingerprint density at radius 3 is 2.19 bits per heavy atom. The number of hydrogen-bond donors (Lipinski definition) is 1. The van der Waals surface area contributed by atoms with Crippen molar-refractivity contribution in [1.82, 2.24) is 4.98 Å². The van der Waals surface area contributed by atoms with E-state index in [1.807, 2.05) is 48.5 Å². The molecule has 0 spiro atoms. The molecular formula is C21H13N5S. The van der Waals surface area contributed by atoms with E-state index in [1.165, 1.54) is 17.8 Å². The van der Waals surface area contributed by atoms with Crippen LogP contribution in [0.2, 0.25) is 0 Å². The van der Waals surface area contributed by atoms with Crippen molar-refractivity contribution >= 4 is 17.6 Å². The third kappa shape index (κ3) is 3.90. The Bertz CT molecular complexity index is 1120. The molecule has 0 fully saturated rings. The molecule has 1 heterocycles. The highest BCUT2D eigenvalue weighted by Crippen LogP contribution is 2.28. The maximum atomic E-state index is 9.26. The lowest BCUT2D eigenvalue weighted by molar-refractivity contribution is 1.11. The van der Waals surface area contributed by atoms with E-state index in [4.69, 9.17) is 11.0 Å². The number of nitrogens with zero attached hydrogens (tertiary/aromatic N) is 4. The van der Waals surface area contributed by atoms with Crippen molar-refractivity contribution < 1.29 is 0 Å². The summed E-state index contributed by atoms with van der Waals surface area (Å²) in [5.41, 5.74) is 9.85. The van der Waals surface area contributed by atoms with Gasteiger partial charge in [0.25, 0.3) is 0 Å². The van der Waals surface area contributed by atoms with Gasteiger partial charge in [-0.15, -0.1) is 11.8 Å². The van der Waals surface area contributed by atoms with Crippen molar-refractivity contribution in [3.05, 3.63) is 76.9 Å². The second-order valence-corrected chi connectivity index (χ2v) is 6.60. The molecule has 0 aliphatic carbocycles.